The second kappa shape index (κ2) is 7.90. The molecule has 146 valence electrons. The quantitative estimate of drug-likeness (QED) is 0.637. The maximum absolute atomic E-state index is 12.6. The van der Waals surface area contributed by atoms with Gasteiger partial charge in [-0.25, -0.2) is 13.4 Å². The minimum absolute atomic E-state index is 0.170. The number of hydrogen-bond donors (Lipinski definition) is 2. The van der Waals surface area contributed by atoms with Crippen molar-refractivity contribution in [2.45, 2.75) is 25.7 Å². The van der Waals surface area contributed by atoms with Crippen LogP contribution in [-0.2, 0) is 10.0 Å². The second-order valence-corrected chi connectivity index (χ2v) is 8.22. The molecule has 3 rings (SSSR count). The average Bonchev–Trinajstić information content (AvgIpc) is 2.66. The predicted octanol–water partition coefficient (Wildman–Crippen LogP) is 4.56. The number of sulfonamides is 1. The summed E-state index contributed by atoms with van der Waals surface area (Å²) in [5.41, 5.74) is 4.43. The fourth-order valence-corrected chi connectivity index (χ4v) is 3.91. The van der Waals surface area contributed by atoms with E-state index in [2.05, 4.69) is 15.0 Å². The van der Waals surface area contributed by atoms with Gasteiger partial charge in [-0.1, -0.05) is 12.1 Å². The Hall–Kier alpha value is -3.06. The Kier molecular flexibility index (Phi) is 5.56. The largest absolute Gasteiger partial charge is 0.496 e. The van der Waals surface area contributed by atoms with E-state index in [4.69, 9.17) is 4.74 Å². The van der Waals surface area contributed by atoms with Crippen LogP contribution in [0.1, 0.15) is 16.7 Å². The number of rotatable bonds is 6. The molecule has 6 nitrogen and oxygen atoms in total. The van der Waals surface area contributed by atoms with E-state index in [1.807, 2.05) is 32.0 Å². The van der Waals surface area contributed by atoms with E-state index >= 15 is 0 Å². The Bertz CT molecular complexity index is 1090. The lowest BCUT2D eigenvalue weighted by atomic mass is 10.1. The second-order valence-electron chi connectivity index (χ2n) is 6.54. The van der Waals surface area contributed by atoms with Crippen molar-refractivity contribution in [1.29, 1.82) is 0 Å². The van der Waals surface area contributed by atoms with Crippen LogP contribution in [0.4, 0.5) is 17.2 Å². The zero-order valence-electron chi connectivity index (χ0n) is 16.3. The van der Waals surface area contributed by atoms with Crippen molar-refractivity contribution in [2.75, 3.05) is 17.1 Å². The normalized spacial score (nSPS) is 11.1. The molecule has 2 N–H and O–H groups in total. The number of hydrogen-bond acceptors (Lipinski definition) is 5. The summed E-state index contributed by atoms with van der Waals surface area (Å²) in [6.07, 6.45) is 1.49. The van der Waals surface area contributed by atoms with Crippen molar-refractivity contribution >= 4 is 27.2 Å². The highest BCUT2D eigenvalue weighted by molar-refractivity contribution is 7.92. The van der Waals surface area contributed by atoms with Gasteiger partial charge in [-0.2, -0.15) is 0 Å². The lowest BCUT2D eigenvalue weighted by Gasteiger charge is -2.12. The zero-order chi connectivity index (χ0) is 20.3. The van der Waals surface area contributed by atoms with Crippen LogP contribution < -0.4 is 14.8 Å². The van der Waals surface area contributed by atoms with Gasteiger partial charge in [-0.3, -0.25) is 4.72 Å². The van der Waals surface area contributed by atoms with Gasteiger partial charge < -0.3 is 10.1 Å². The van der Waals surface area contributed by atoms with Gasteiger partial charge in [0, 0.05) is 5.69 Å². The van der Waals surface area contributed by atoms with Crippen molar-refractivity contribution in [3.05, 3.63) is 71.4 Å². The van der Waals surface area contributed by atoms with Crippen molar-refractivity contribution in [3.8, 4) is 5.75 Å². The molecule has 7 heteroatoms. The fourth-order valence-electron chi connectivity index (χ4n) is 2.78. The van der Waals surface area contributed by atoms with E-state index in [1.165, 1.54) is 17.8 Å². The Balaban J connectivity index is 1.76. The topological polar surface area (TPSA) is 80.3 Å². The molecule has 0 amide bonds. The number of ether oxygens (including phenoxy) is 1. The molecule has 0 aliphatic heterocycles. The summed E-state index contributed by atoms with van der Waals surface area (Å²) in [4.78, 5) is 4.48. The van der Waals surface area contributed by atoms with Crippen molar-refractivity contribution in [3.63, 3.8) is 0 Å². The summed E-state index contributed by atoms with van der Waals surface area (Å²) < 4.78 is 33.0. The van der Waals surface area contributed by atoms with Gasteiger partial charge in [0.15, 0.2) is 0 Å². The number of anilines is 3. The van der Waals surface area contributed by atoms with E-state index in [9.17, 15) is 8.42 Å². The number of aryl methyl sites for hydroxylation is 2. The lowest BCUT2D eigenvalue weighted by molar-refractivity contribution is 0.411. The molecule has 0 spiro atoms. The van der Waals surface area contributed by atoms with Crippen LogP contribution in [0, 0.1) is 20.8 Å². The van der Waals surface area contributed by atoms with Crippen LogP contribution in [0.3, 0.4) is 0 Å². The molecule has 28 heavy (non-hydrogen) atoms. The molecule has 0 atom stereocenters. The van der Waals surface area contributed by atoms with Gasteiger partial charge >= 0.3 is 0 Å². The summed E-state index contributed by atoms with van der Waals surface area (Å²) >= 11 is 0. The number of aromatic nitrogens is 1. The number of benzene rings is 2. The molecule has 0 saturated carbocycles. The molecule has 0 aliphatic rings. The molecule has 3 aromatic rings. The van der Waals surface area contributed by atoms with Crippen LogP contribution in [0.2, 0.25) is 0 Å². The summed E-state index contributed by atoms with van der Waals surface area (Å²) in [6, 6.07) is 14.1. The summed E-state index contributed by atoms with van der Waals surface area (Å²) in [7, 11) is -2.16. The van der Waals surface area contributed by atoms with Crippen LogP contribution in [0.25, 0.3) is 0 Å². The number of nitrogens with one attached hydrogen (secondary N) is 2. The Morgan fingerprint density at radius 1 is 0.964 bits per heavy atom. The molecule has 0 fully saturated rings. The molecule has 0 unspecified atom stereocenters. The summed E-state index contributed by atoms with van der Waals surface area (Å²) in [6.45, 7) is 5.89. The fraction of sp³-hybridized carbons (Fsp3) is 0.190. The molecular formula is C21H23N3O3S. The van der Waals surface area contributed by atoms with E-state index in [0.717, 1.165) is 16.8 Å². The molecular weight excluding hydrogens is 374 g/mol. The minimum Gasteiger partial charge on any atom is -0.496 e. The smallest absolute Gasteiger partial charge is 0.261 e. The van der Waals surface area contributed by atoms with Crippen LogP contribution in [0.15, 0.2) is 59.6 Å². The van der Waals surface area contributed by atoms with Crippen LogP contribution >= 0.6 is 0 Å². The summed E-state index contributed by atoms with van der Waals surface area (Å²) in [5.74, 6) is 1.28. The maximum atomic E-state index is 12.6. The Morgan fingerprint density at radius 3 is 2.39 bits per heavy atom. The first-order valence-electron chi connectivity index (χ1n) is 8.77. The Morgan fingerprint density at radius 2 is 1.75 bits per heavy atom. The van der Waals surface area contributed by atoms with Crippen LogP contribution in [-0.4, -0.2) is 20.5 Å². The molecule has 0 radical (unpaired) electrons. The van der Waals surface area contributed by atoms with Gasteiger partial charge in [0.1, 0.15) is 11.6 Å². The first-order valence-corrected chi connectivity index (χ1v) is 10.3. The number of methoxy groups -OCH3 is 1. The third-order valence-corrected chi connectivity index (χ3v) is 5.94. The number of pyridine rings is 1. The van der Waals surface area contributed by atoms with Gasteiger partial charge in [0.25, 0.3) is 10.0 Å². The standard InChI is InChI=1S/C21H23N3O3S/c1-14-6-5-7-19(16(14)3)23-21-11-8-17(13-22-21)24-28(25,26)18-9-10-20(27-4)15(2)12-18/h5-13,24H,1-4H3,(H,22,23). The highest BCUT2D eigenvalue weighted by Crippen LogP contribution is 2.25. The monoisotopic (exact) mass is 397 g/mol. The molecule has 0 bridgehead atoms. The maximum Gasteiger partial charge on any atom is 0.261 e. The minimum atomic E-state index is -3.71. The van der Waals surface area contributed by atoms with Crippen molar-refractivity contribution in [2.24, 2.45) is 0 Å². The Labute approximate surface area is 165 Å². The van der Waals surface area contributed by atoms with Crippen molar-refractivity contribution < 1.29 is 13.2 Å². The van der Waals surface area contributed by atoms with Crippen LogP contribution in [0.5, 0.6) is 5.75 Å². The molecule has 0 saturated heterocycles. The van der Waals surface area contributed by atoms with E-state index < -0.39 is 10.0 Å². The summed E-state index contributed by atoms with van der Waals surface area (Å²) in [5, 5.41) is 3.25. The number of nitrogens with zero attached hydrogens (tertiary/aromatic N) is 1. The van der Waals surface area contributed by atoms with Crippen molar-refractivity contribution in [1.82, 2.24) is 4.98 Å². The molecule has 2 aromatic carbocycles. The third kappa shape index (κ3) is 4.26. The van der Waals surface area contributed by atoms with E-state index in [0.29, 0.717) is 17.3 Å². The van der Waals surface area contributed by atoms with E-state index in [-0.39, 0.29) is 4.90 Å². The third-order valence-electron chi connectivity index (χ3n) is 4.56. The highest BCUT2D eigenvalue weighted by Gasteiger charge is 2.16. The average molecular weight is 398 g/mol. The SMILES string of the molecule is COc1ccc(S(=O)(=O)Nc2ccc(Nc3cccc(C)c3C)nc2)cc1C. The molecule has 0 aliphatic carbocycles. The molecule has 1 heterocycles. The van der Waals surface area contributed by atoms with E-state index in [1.54, 1.807) is 38.3 Å². The molecule has 1 aromatic heterocycles. The van der Waals surface area contributed by atoms with Gasteiger partial charge in [-0.15, -0.1) is 0 Å². The van der Waals surface area contributed by atoms with Gasteiger partial charge in [0.05, 0.1) is 23.9 Å². The first kappa shape index (κ1) is 19.7. The zero-order valence-corrected chi connectivity index (χ0v) is 17.1. The predicted molar refractivity (Wildman–Crippen MR) is 112 cm³/mol. The van der Waals surface area contributed by atoms with Gasteiger partial charge in [0.2, 0.25) is 0 Å². The first-order chi connectivity index (χ1) is 13.3. The lowest BCUT2D eigenvalue weighted by Crippen LogP contribution is -2.13. The highest BCUT2D eigenvalue weighted by atomic mass is 32.2. The van der Waals surface area contributed by atoms with Gasteiger partial charge in [-0.05, 0) is 73.9 Å².